The Morgan fingerprint density at radius 3 is 2.95 bits per heavy atom. The first kappa shape index (κ1) is 11.9. The molecule has 4 nitrogen and oxygen atoms in total. The van der Waals surface area contributed by atoms with E-state index in [0.717, 1.165) is 30.1 Å². The highest BCUT2D eigenvalue weighted by atomic mass is 15.0. The molecule has 0 unspecified atom stereocenters. The monoisotopic (exact) mass is 252 g/mol. The summed E-state index contributed by atoms with van der Waals surface area (Å²) in [5.74, 6) is 0. The molecule has 0 radical (unpaired) electrons. The Bertz CT molecular complexity index is 673. The first-order valence-corrected chi connectivity index (χ1v) is 6.46. The predicted molar refractivity (Wildman–Crippen MR) is 75.8 cm³/mol. The molecule has 0 saturated heterocycles. The second-order valence-corrected chi connectivity index (χ2v) is 4.42. The number of nitrogens with zero attached hydrogens (tertiary/aromatic N) is 3. The minimum atomic E-state index is 0.874. The molecule has 0 bridgehead atoms. The van der Waals surface area contributed by atoms with Crippen molar-refractivity contribution in [2.24, 2.45) is 0 Å². The van der Waals surface area contributed by atoms with Gasteiger partial charge in [-0.1, -0.05) is 13.0 Å². The van der Waals surface area contributed by atoms with Gasteiger partial charge in [-0.3, -0.25) is 4.98 Å². The number of fused-ring (bicyclic) bond motifs is 1. The third-order valence-electron chi connectivity index (χ3n) is 3.03. The van der Waals surface area contributed by atoms with Crippen molar-refractivity contribution < 1.29 is 0 Å². The van der Waals surface area contributed by atoms with Gasteiger partial charge in [0.1, 0.15) is 11.3 Å². The lowest BCUT2D eigenvalue weighted by atomic mass is 10.2. The lowest BCUT2D eigenvalue weighted by Gasteiger charge is -2.01. The number of hydrogen-bond donors (Lipinski definition) is 1. The molecule has 0 aromatic carbocycles. The van der Waals surface area contributed by atoms with E-state index < -0.39 is 0 Å². The molecule has 0 aliphatic carbocycles. The van der Waals surface area contributed by atoms with E-state index in [-0.39, 0.29) is 0 Å². The van der Waals surface area contributed by atoms with E-state index in [9.17, 15) is 0 Å². The second-order valence-electron chi connectivity index (χ2n) is 4.42. The van der Waals surface area contributed by atoms with Crippen molar-refractivity contribution in [3.05, 3.63) is 54.5 Å². The van der Waals surface area contributed by atoms with Crippen molar-refractivity contribution in [1.29, 1.82) is 0 Å². The average Bonchev–Trinajstić information content (AvgIpc) is 2.89. The molecule has 0 aliphatic heterocycles. The standard InChI is InChI=1S/C15H16N4/c1-2-16-10-12-6-8-19-11-14(18-15(19)9-12)13-5-3-4-7-17-13/h3-9,11,16H,2,10H2,1H3. The zero-order valence-electron chi connectivity index (χ0n) is 10.9. The lowest BCUT2D eigenvalue weighted by molar-refractivity contribution is 0.726. The third-order valence-corrected chi connectivity index (χ3v) is 3.03. The van der Waals surface area contributed by atoms with Crippen LogP contribution in [0.2, 0.25) is 0 Å². The fraction of sp³-hybridized carbons (Fsp3) is 0.200. The molecule has 4 heteroatoms. The highest BCUT2D eigenvalue weighted by Gasteiger charge is 2.05. The van der Waals surface area contributed by atoms with Crippen LogP contribution >= 0.6 is 0 Å². The van der Waals surface area contributed by atoms with Gasteiger partial charge in [-0.05, 0) is 36.4 Å². The zero-order chi connectivity index (χ0) is 13.1. The number of aromatic nitrogens is 3. The van der Waals surface area contributed by atoms with Crippen molar-refractivity contribution in [2.45, 2.75) is 13.5 Å². The first-order valence-electron chi connectivity index (χ1n) is 6.46. The molecule has 3 aromatic heterocycles. The number of pyridine rings is 2. The summed E-state index contributed by atoms with van der Waals surface area (Å²) in [6.45, 7) is 3.95. The van der Waals surface area contributed by atoms with Crippen molar-refractivity contribution >= 4 is 5.65 Å². The molecular formula is C15H16N4. The van der Waals surface area contributed by atoms with Crippen LogP contribution in [-0.2, 0) is 6.54 Å². The summed E-state index contributed by atoms with van der Waals surface area (Å²) in [4.78, 5) is 8.95. The fourth-order valence-electron chi connectivity index (χ4n) is 2.04. The van der Waals surface area contributed by atoms with Gasteiger partial charge < -0.3 is 9.72 Å². The summed E-state index contributed by atoms with van der Waals surface area (Å²) in [5.41, 5.74) is 4.00. The van der Waals surface area contributed by atoms with Crippen LogP contribution in [0.15, 0.2) is 48.9 Å². The SMILES string of the molecule is CCNCc1ccn2cc(-c3ccccn3)nc2c1. The number of rotatable bonds is 4. The van der Waals surface area contributed by atoms with Crippen LogP contribution < -0.4 is 5.32 Å². The van der Waals surface area contributed by atoms with Gasteiger partial charge in [0.2, 0.25) is 0 Å². The maximum absolute atomic E-state index is 4.62. The molecule has 0 fully saturated rings. The van der Waals surface area contributed by atoms with Gasteiger partial charge in [-0.15, -0.1) is 0 Å². The molecular weight excluding hydrogens is 236 g/mol. The number of nitrogens with one attached hydrogen (secondary N) is 1. The van der Waals surface area contributed by atoms with Gasteiger partial charge in [0.25, 0.3) is 0 Å². The van der Waals surface area contributed by atoms with E-state index in [1.807, 2.05) is 35.0 Å². The summed E-state index contributed by atoms with van der Waals surface area (Å²) in [5, 5.41) is 3.32. The van der Waals surface area contributed by atoms with E-state index in [4.69, 9.17) is 0 Å². The Kier molecular flexibility index (Phi) is 3.25. The Balaban J connectivity index is 1.97. The van der Waals surface area contributed by atoms with E-state index in [2.05, 4.69) is 34.3 Å². The van der Waals surface area contributed by atoms with Crippen LogP contribution in [0.25, 0.3) is 17.0 Å². The van der Waals surface area contributed by atoms with E-state index in [0.29, 0.717) is 0 Å². The zero-order valence-corrected chi connectivity index (χ0v) is 10.9. The number of imidazole rings is 1. The van der Waals surface area contributed by atoms with Gasteiger partial charge in [0.05, 0.1) is 5.69 Å². The molecule has 0 saturated carbocycles. The fourth-order valence-corrected chi connectivity index (χ4v) is 2.04. The second kappa shape index (κ2) is 5.20. The van der Waals surface area contributed by atoms with E-state index >= 15 is 0 Å². The predicted octanol–water partition coefficient (Wildman–Crippen LogP) is 2.51. The van der Waals surface area contributed by atoms with E-state index in [1.54, 1.807) is 6.20 Å². The van der Waals surface area contributed by atoms with Crippen molar-refractivity contribution in [3.63, 3.8) is 0 Å². The average molecular weight is 252 g/mol. The van der Waals surface area contributed by atoms with Gasteiger partial charge in [0, 0.05) is 25.1 Å². The molecule has 3 heterocycles. The van der Waals surface area contributed by atoms with Crippen LogP contribution in [0.4, 0.5) is 0 Å². The third kappa shape index (κ3) is 2.48. The minimum absolute atomic E-state index is 0.874. The van der Waals surface area contributed by atoms with E-state index in [1.165, 1.54) is 5.56 Å². The van der Waals surface area contributed by atoms with Gasteiger partial charge in [0.15, 0.2) is 0 Å². The normalized spacial score (nSPS) is 11.0. The Hall–Kier alpha value is -2.20. The molecule has 0 spiro atoms. The topological polar surface area (TPSA) is 42.2 Å². The lowest BCUT2D eigenvalue weighted by Crippen LogP contribution is -2.11. The summed E-state index contributed by atoms with van der Waals surface area (Å²) in [6, 6.07) is 10.1. The highest BCUT2D eigenvalue weighted by Crippen LogP contribution is 2.17. The maximum Gasteiger partial charge on any atom is 0.137 e. The Morgan fingerprint density at radius 2 is 2.16 bits per heavy atom. The van der Waals surface area contributed by atoms with Crippen LogP contribution in [0.5, 0.6) is 0 Å². The molecule has 96 valence electrons. The van der Waals surface area contributed by atoms with Crippen LogP contribution in [-0.4, -0.2) is 20.9 Å². The summed E-state index contributed by atoms with van der Waals surface area (Å²) >= 11 is 0. The number of hydrogen-bond acceptors (Lipinski definition) is 3. The smallest absolute Gasteiger partial charge is 0.137 e. The van der Waals surface area contributed by atoms with Crippen LogP contribution in [0, 0.1) is 0 Å². The largest absolute Gasteiger partial charge is 0.313 e. The molecule has 0 amide bonds. The van der Waals surface area contributed by atoms with Gasteiger partial charge >= 0.3 is 0 Å². The molecule has 3 rings (SSSR count). The Labute approximate surface area is 112 Å². The van der Waals surface area contributed by atoms with Crippen molar-refractivity contribution in [3.8, 4) is 11.4 Å². The van der Waals surface area contributed by atoms with Gasteiger partial charge in [-0.2, -0.15) is 0 Å². The van der Waals surface area contributed by atoms with Gasteiger partial charge in [-0.25, -0.2) is 4.98 Å². The van der Waals surface area contributed by atoms with Crippen molar-refractivity contribution in [2.75, 3.05) is 6.54 Å². The summed E-state index contributed by atoms with van der Waals surface area (Å²) in [7, 11) is 0. The first-order chi connectivity index (χ1) is 9.36. The molecule has 0 atom stereocenters. The minimum Gasteiger partial charge on any atom is -0.313 e. The van der Waals surface area contributed by atoms with Crippen LogP contribution in [0.1, 0.15) is 12.5 Å². The molecule has 3 aromatic rings. The summed E-state index contributed by atoms with van der Waals surface area (Å²) in [6.07, 6.45) is 5.84. The molecule has 1 N–H and O–H groups in total. The van der Waals surface area contributed by atoms with Crippen molar-refractivity contribution in [1.82, 2.24) is 19.7 Å². The quantitative estimate of drug-likeness (QED) is 0.775. The highest BCUT2D eigenvalue weighted by molar-refractivity contribution is 5.59. The Morgan fingerprint density at radius 1 is 1.21 bits per heavy atom. The molecule has 0 aliphatic rings. The maximum atomic E-state index is 4.62. The summed E-state index contributed by atoms with van der Waals surface area (Å²) < 4.78 is 2.03. The molecule has 19 heavy (non-hydrogen) atoms. The van der Waals surface area contributed by atoms with Crippen LogP contribution in [0.3, 0.4) is 0 Å².